The van der Waals surface area contributed by atoms with E-state index < -0.39 is 5.97 Å². The molecule has 7 heteroatoms. The van der Waals surface area contributed by atoms with Gasteiger partial charge in [-0.05, 0) is 37.5 Å². The van der Waals surface area contributed by atoms with Crippen LogP contribution in [0.3, 0.4) is 0 Å². The van der Waals surface area contributed by atoms with Crippen molar-refractivity contribution in [2.24, 2.45) is 0 Å². The molecule has 1 amide bonds. The molecule has 0 radical (unpaired) electrons. The van der Waals surface area contributed by atoms with E-state index in [-0.39, 0.29) is 5.91 Å². The van der Waals surface area contributed by atoms with Crippen LogP contribution < -0.4 is 15.1 Å². The Morgan fingerprint density at radius 1 is 1.14 bits per heavy atom. The van der Waals surface area contributed by atoms with Crippen LogP contribution in [0.1, 0.15) is 28.4 Å². The van der Waals surface area contributed by atoms with E-state index in [4.69, 9.17) is 4.74 Å². The number of thiophene rings is 1. The average molecular weight is 418 g/mol. The van der Waals surface area contributed by atoms with Gasteiger partial charge in [0, 0.05) is 10.9 Å². The van der Waals surface area contributed by atoms with Crippen molar-refractivity contribution < 1.29 is 24.1 Å². The Bertz CT molecular complexity index is 885. The van der Waals surface area contributed by atoms with Crippen LogP contribution in [0.2, 0.25) is 0 Å². The summed E-state index contributed by atoms with van der Waals surface area (Å²) < 4.78 is 5.29. The predicted molar refractivity (Wildman–Crippen MR) is 116 cm³/mol. The first-order valence-electron chi connectivity index (χ1n) is 10.2. The first-order chi connectivity index (χ1) is 13.9. The summed E-state index contributed by atoms with van der Waals surface area (Å²) >= 11 is 1.38. The molecule has 3 rings (SSSR count). The highest BCUT2D eigenvalue weighted by Crippen LogP contribution is 2.36. The minimum Gasteiger partial charge on any atom is -0.462 e. The fraction of sp³-hybridized carbons (Fsp3) is 0.455. The Balaban J connectivity index is 1.82. The topological polar surface area (TPSA) is 64.3 Å². The van der Waals surface area contributed by atoms with Crippen molar-refractivity contribution in [2.45, 2.75) is 20.8 Å². The summed E-state index contributed by atoms with van der Waals surface area (Å²) in [5, 5.41) is 5.47. The van der Waals surface area contributed by atoms with Crippen molar-refractivity contribution >= 4 is 28.2 Å². The Morgan fingerprint density at radius 3 is 2.52 bits per heavy atom. The van der Waals surface area contributed by atoms with Crippen LogP contribution in [0.25, 0.3) is 11.1 Å². The number of rotatable bonds is 6. The Hall–Kier alpha value is -2.22. The molecule has 1 aliphatic rings. The molecular weight excluding hydrogens is 386 g/mol. The van der Waals surface area contributed by atoms with Gasteiger partial charge in [0.25, 0.3) is 5.91 Å². The number of nitrogens with one attached hydrogen (secondary N) is 3. The van der Waals surface area contributed by atoms with E-state index in [2.05, 4.69) is 32.3 Å². The smallest absolute Gasteiger partial charge is 0.341 e. The number of carbonyl (C=O) groups excluding carboxylic acids is 2. The van der Waals surface area contributed by atoms with Crippen LogP contribution in [0.4, 0.5) is 5.00 Å². The SMILES string of the molecule is CCOC(=O)c1c(-c2ccc(C)c(C)c2)csc1NC(=O)C[NH+]1CC[NH+](C)CC1. The maximum absolute atomic E-state index is 12.7. The van der Waals surface area contributed by atoms with Gasteiger partial charge < -0.3 is 19.9 Å². The maximum Gasteiger partial charge on any atom is 0.341 e. The Labute approximate surface area is 176 Å². The van der Waals surface area contributed by atoms with Crippen molar-refractivity contribution in [3.8, 4) is 11.1 Å². The summed E-state index contributed by atoms with van der Waals surface area (Å²) in [6.45, 7) is 10.8. The summed E-state index contributed by atoms with van der Waals surface area (Å²) in [6, 6.07) is 6.13. The molecule has 0 atom stereocenters. The molecule has 2 aromatic rings. The lowest BCUT2D eigenvalue weighted by Crippen LogP contribution is -3.27. The molecule has 1 aliphatic heterocycles. The minimum absolute atomic E-state index is 0.0569. The molecule has 3 N–H and O–H groups in total. The largest absolute Gasteiger partial charge is 0.462 e. The number of piperazine rings is 1. The van der Waals surface area contributed by atoms with Crippen molar-refractivity contribution in [3.63, 3.8) is 0 Å². The lowest BCUT2D eigenvalue weighted by atomic mass is 9.99. The van der Waals surface area contributed by atoms with Gasteiger partial charge in [-0.3, -0.25) is 4.79 Å². The summed E-state index contributed by atoms with van der Waals surface area (Å²) in [5.41, 5.74) is 4.58. The number of amides is 1. The number of ether oxygens (including phenoxy) is 1. The molecule has 29 heavy (non-hydrogen) atoms. The lowest BCUT2D eigenvalue weighted by molar-refractivity contribution is -0.999. The number of carbonyl (C=O) groups is 2. The third-order valence-corrected chi connectivity index (χ3v) is 6.46. The van der Waals surface area contributed by atoms with Crippen molar-refractivity contribution in [3.05, 3.63) is 40.3 Å². The van der Waals surface area contributed by atoms with E-state index in [9.17, 15) is 9.59 Å². The summed E-state index contributed by atoms with van der Waals surface area (Å²) in [4.78, 5) is 28.2. The molecule has 0 spiro atoms. The molecule has 6 nitrogen and oxygen atoms in total. The third kappa shape index (κ3) is 5.23. The van der Waals surface area contributed by atoms with Gasteiger partial charge in [-0.2, -0.15) is 0 Å². The van der Waals surface area contributed by atoms with Crippen molar-refractivity contribution in [2.75, 3.05) is 51.7 Å². The number of aryl methyl sites for hydroxylation is 2. The summed E-state index contributed by atoms with van der Waals surface area (Å²) in [6.07, 6.45) is 0. The van der Waals surface area contributed by atoms with E-state index >= 15 is 0 Å². The fourth-order valence-corrected chi connectivity index (χ4v) is 4.56. The zero-order valence-electron chi connectivity index (χ0n) is 17.7. The highest BCUT2D eigenvalue weighted by atomic mass is 32.1. The summed E-state index contributed by atoms with van der Waals surface area (Å²) in [5.74, 6) is -0.452. The van der Waals surface area contributed by atoms with Crippen LogP contribution in [0.5, 0.6) is 0 Å². The monoisotopic (exact) mass is 417 g/mol. The number of esters is 1. The number of likely N-dealkylation sites (N-methyl/N-ethyl adjacent to an activating group) is 1. The van der Waals surface area contributed by atoms with Crippen LogP contribution in [-0.2, 0) is 9.53 Å². The van der Waals surface area contributed by atoms with Crippen molar-refractivity contribution in [1.29, 1.82) is 0 Å². The second kappa shape index (κ2) is 9.52. The standard InChI is InChI=1S/C22H29N3O3S/c1-5-28-22(27)20-18(17-7-6-15(2)16(3)12-17)14-29-21(20)23-19(26)13-25-10-8-24(4)9-11-25/h6-7,12,14H,5,8-11,13H2,1-4H3,(H,23,26)/p+2. The van der Waals surface area contributed by atoms with E-state index in [0.717, 1.165) is 42.9 Å². The first-order valence-corrected chi connectivity index (χ1v) is 11.1. The number of hydrogen-bond donors (Lipinski definition) is 3. The quantitative estimate of drug-likeness (QED) is 0.602. The van der Waals surface area contributed by atoms with Crippen LogP contribution >= 0.6 is 11.3 Å². The fourth-order valence-electron chi connectivity index (χ4n) is 3.58. The molecule has 0 unspecified atom stereocenters. The van der Waals surface area contributed by atoms with E-state index in [1.54, 1.807) is 6.92 Å². The Morgan fingerprint density at radius 2 is 1.86 bits per heavy atom. The highest BCUT2D eigenvalue weighted by molar-refractivity contribution is 7.15. The van der Waals surface area contributed by atoms with Crippen LogP contribution in [0, 0.1) is 13.8 Å². The minimum atomic E-state index is -0.396. The molecular formula is C22H31N3O3S+2. The molecule has 0 bridgehead atoms. The predicted octanol–water partition coefficient (Wildman–Crippen LogP) is 0.560. The maximum atomic E-state index is 12.7. The van der Waals surface area contributed by atoms with Gasteiger partial charge in [0.1, 0.15) is 36.7 Å². The van der Waals surface area contributed by atoms with Gasteiger partial charge in [-0.15, -0.1) is 11.3 Å². The van der Waals surface area contributed by atoms with Gasteiger partial charge in [0.2, 0.25) is 0 Å². The second-order valence-electron chi connectivity index (χ2n) is 7.81. The molecule has 156 valence electrons. The number of benzene rings is 1. The number of quaternary nitrogens is 2. The van der Waals surface area contributed by atoms with Gasteiger partial charge in [-0.1, -0.05) is 18.2 Å². The third-order valence-electron chi connectivity index (χ3n) is 5.56. The first kappa shape index (κ1) is 21.5. The molecule has 1 saturated heterocycles. The highest BCUT2D eigenvalue weighted by Gasteiger charge is 2.26. The normalized spacial score (nSPS) is 19.0. The van der Waals surface area contributed by atoms with Gasteiger partial charge in [-0.25, -0.2) is 4.79 Å². The summed E-state index contributed by atoms with van der Waals surface area (Å²) in [7, 11) is 2.18. The zero-order chi connectivity index (χ0) is 21.0. The molecule has 1 aromatic carbocycles. The average Bonchev–Trinajstić information content (AvgIpc) is 3.09. The van der Waals surface area contributed by atoms with Gasteiger partial charge in [0.05, 0.1) is 13.7 Å². The van der Waals surface area contributed by atoms with E-state index in [0.29, 0.717) is 23.7 Å². The number of hydrogen-bond acceptors (Lipinski definition) is 4. The Kier molecular flexibility index (Phi) is 7.05. The van der Waals surface area contributed by atoms with E-state index in [1.807, 2.05) is 17.5 Å². The molecule has 0 saturated carbocycles. The van der Waals surface area contributed by atoms with Gasteiger partial charge >= 0.3 is 5.97 Å². The molecule has 1 fully saturated rings. The molecule has 0 aliphatic carbocycles. The second-order valence-corrected chi connectivity index (χ2v) is 8.68. The molecule has 1 aromatic heterocycles. The van der Waals surface area contributed by atoms with Crippen LogP contribution in [0.15, 0.2) is 23.6 Å². The molecule has 2 heterocycles. The van der Waals surface area contributed by atoms with E-state index in [1.165, 1.54) is 26.7 Å². The lowest BCUT2D eigenvalue weighted by Gasteiger charge is -2.26. The number of anilines is 1. The van der Waals surface area contributed by atoms with Gasteiger partial charge in [0.15, 0.2) is 6.54 Å². The zero-order valence-corrected chi connectivity index (χ0v) is 18.5. The van der Waals surface area contributed by atoms with Crippen LogP contribution in [-0.4, -0.2) is 58.3 Å². The van der Waals surface area contributed by atoms with Crippen molar-refractivity contribution in [1.82, 2.24) is 0 Å².